The predicted octanol–water partition coefficient (Wildman–Crippen LogP) is 3.56. The van der Waals surface area contributed by atoms with Crippen LogP contribution in [0.3, 0.4) is 0 Å². The number of rotatable bonds is 4. The van der Waals surface area contributed by atoms with Crippen molar-refractivity contribution in [1.29, 1.82) is 0 Å². The average molecular weight is 310 g/mol. The number of likely N-dealkylation sites (tertiary alicyclic amines) is 1. The molecule has 1 aliphatic carbocycles. The van der Waals surface area contributed by atoms with Gasteiger partial charge in [0.05, 0.1) is 0 Å². The van der Waals surface area contributed by atoms with Crippen molar-refractivity contribution in [3.05, 3.63) is 28.7 Å². The van der Waals surface area contributed by atoms with Gasteiger partial charge in [-0.15, -0.1) is 0 Å². The molecule has 1 saturated heterocycles. The normalized spacial score (nSPS) is 27.4. The van der Waals surface area contributed by atoms with Gasteiger partial charge in [-0.3, -0.25) is 4.90 Å². The summed E-state index contributed by atoms with van der Waals surface area (Å²) in [6, 6.07) is 8.08. The lowest BCUT2D eigenvalue weighted by Gasteiger charge is -2.17. The molecular weight excluding hydrogens is 290 g/mol. The molecule has 2 aliphatic rings. The first kappa shape index (κ1) is 12.5. The van der Waals surface area contributed by atoms with Gasteiger partial charge in [0, 0.05) is 24.1 Å². The molecule has 3 heteroatoms. The van der Waals surface area contributed by atoms with Crippen molar-refractivity contribution in [2.75, 3.05) is 26.2 Å². The van der Waals surface area contributed by atoms with Crippen LogP contribution in [0.2, 0.25) is 0 Å². The molecule has 2 nitrogen and oxygen atoms in total. The topological polar surface area (TPSA) is 12.5 Å². The lowest BCUT2D eigenvalue weighted by atomic mass is 10.0. The van der Waals surface area contributed by atoms with Crippen LogP contribution in [0.15, 0.2) is 28.7 Å². The summed E-state index contributed by atoms with van der Waals surface area (Å²) in [4.78, 5) is 2.58. The predicted molar refractivity (Wildman–Crippen MR) is 76.9 cm³/mol. The third-order valence-corrected chi connectivity index (χ3v) is 4.77. The van der Waals surface area contributed by atoms with E-state index in [4.69, 9.17) is 4.74 Å². The summed E-state index contributed by atoms with van der Waals surface area (Å²) in [5.74, 6) is 2.93. The second-order valence-corrected chi connectivity index (χ2v) is 6.43. The molecule has 0 aromatic heterocycles. The van der Waals surface area contributed by atoms with Crippen molar-refractivity contribution in [2.24, 2.45) is 11.8 Å². The minimum atomic E-state index is 0.801. The first-order valence-corrected chi connectivity index (χ1v) is 7.71. The molecule has 0 bridgehead atoms. The quantitative estimate of drug-likeness (QED) is 0.843. The molecule has 3 rings (SSSR count). The van der Waals surface area contributed by atoms with Crippen molar-refractivity contribution < 1.29 is 4.74 Å². The zero-order valence-corrected chi connectivity index (χ0v) is 12.2. The molecule has 2 atom stereocenters. The fourth-order valence-electron chi connectivity index (χ4n) is 3.36. The maximum Gasteiger partial charge on any atom is 0.120 e. The highest BCUT2D eigenvalue weighted by Crippen LogP contribution is 2.37. The van der Waals surface area contributed by atoms with Crippen molar-refractivity contribution in [1.82, 2.24) is 4.90 Å². The first-order chi connectivity index (χ1) is 8.81. The lowest BCUT2D eigenvalue weighted by molar-refractivity contribution is 0.227. The Morgan fingerprint density at radius 3 is 2.72 bits per heavy atom. The lowest BCUT2D eigenvalue weighted by Crippen LogP contribution is -2.27. The van der Waals surface area contributed by atoms with Crippen LogP contribution in [0.25, 0.3) is 0 Å². The monoisotopic (exact) mass is 309 g/mol. The molecular formula is C15H20BrNO. The van der Waals surface area contributed by atoms with E-state index in [1.165, 1.54) is 32.4 Å². The molecule has 1 aromatic carbocycles. The Morgan fingerprint density at radius 1 is 1.22 bits per heavy atom. The highest BCUT2D eigenvalue weighted by Gasteiger charge is 2.35. The molecule has 1 aromatic rings. The van der Waals surface area contributed by atoms with Gasteiger partial charge in [0.25, 0.3) is 0 Å². The van der Waals surface area contributed by atoms with E-state index in [2.05, 4.69) is 20.8 Å². The summed E-state index contributed by atoms with van der Waals surface area (Å²) in [5, 5.41) is 0. The third-order valence-electron chi connectivity index (χ3n) is 4.27. The van der Waals surface area contributed by atoms with E-state index < -0.39 is 0 Å². The van der Waals surface area contributed by atoms with E-state index in [0.717, 1.165) is 35.2 Å². The summed E-state index contributed by atoms with van der Waals surface area (Å²) in [7, 11) is 0. The van der Waals surface area contributed by atoms with E-state index in [1.807, 2.05) is 24.3 Å². The minimum absolute atomic E-state index is 0.801. The fourth-order valence-corrected chi connectivity index (χ4v) is 3.74. The highest BCUT2D eigenvalue weighted by atomic mass is 79.9. The molecule has 0 amide bonds. The molecule has 1 aliphatic heterocycles. The van der Waals surface area contributed by atoms with E-state index in [-0.39, 0.29) is 0 Å². The molecule has 2 fully saturated rings. The van der Waals surface area contributed by atoms with Gasteiger partial charge in [0.2, 0.25) is 0 Å². The summed E-state index contributed by atoms with van der Waals surface area (Å²) >= 11 is 3.46. The van der Waals surface area contributed by atoms with Gasteiger partial charge in [0.1, 0.15) is 12.4 Å². The number of benzene rings is 1. The van der Waals surface area contributed by atoms with Crippen molar-refractivity contribution in [2.45, 2.75) is 19.3 Å². The summed E-state index contributed by atoms with van der Waals surface area (Å²) in [6.07, 6.45) is 4.36. The number of ether oxygens (including phenoxy) is 1. The maximum absolute atomic E-state index is 5.80. The van der Waals surface area contributed by atoms with Crippen LogP contribution in [0.5, 0.6) is 5.75 Å². The number of hydrogen-bond donors (Lipinski definition) is 0. The van der Waals surface area contributed by atoms with E-state index in [0.29, 0.717) is 0 Å². The van der Waals surface area contributed by atoms with Gasteiger partial charge in [-0.2, -0.15) is 0 Å². The molecule has 0 spiro atoms. The third kappa shape index (κ3) is 2.89. The molecule has 1 heterocycles. The van der Waals surface area contributed by atoms with Gasteiger partial charge in [0.15, 0.2) is 0 Å². The standard InChI is InChI=1S/C15H20BrNO/c16-14-5-2-6-15(9-14)18-8-7-17-10-12-3-1-4-13(12)11-17/h2,5-6,9,12-13H,1,3-4,7-8,10-11H2. The van der Waals surface area contributed by atoms with Crippen LogP contribution in [0.1, 0.15) is 19.3 Å². The van der Waals surface area contributed by atoms with Crippen molar-refractivity contribution in [3.8, 4) is 5.75 Å². The summed E-state index contributed by atoms with van der Waals surface area (Å²) in [5.41, 5.74) is 0. The number of nitrogens with zero attached hydrogens (tertiary/aromatic N) is 1. The molecule has 18 heavy (non-hydrogen) atoms. The Hall–Kier alpha value is -0.540. The second-order valence-electron chi connectivity index (χ2n) is 5.52. The largest absolute Gasteiger partial charge is 0.492 e. The number of hydrogen-bond acceptors (Lipinski definition) is 2. The van der Waals surface area contributed by atoms with Gasteiger partial charge in [-0.25, -0.2) is 0 Å². The number of fused-ring (bicyclic) bond motifs is 1. The summed E-state index contributed by atoms with van der Waals surface area (Å²) < 4.78 is 6.88. The zero-order valence-electron chi connectivity index (χ0n) is 10.6. The Kier molecular flexibility index (Phi) is 3.90. The van der Waals surface area contributed by atoms with E-state index >= 15 is 0 Å². The SMILES string of the molecule is Brc1cccc(OCCN2CC3CCCC3C2)c1. The van der Waals surface area contributed by atoms with Crippen LogP contribution >= 0.6 is 15.9 Å². The smallest absolute Gasteiger partial charge is 0.120 e. The van der Waals surface area contributed by atoms with Gasteiger partial charge in [-0.05, 0) is 42.9 Å². The van der Waals surface area contributed by atoms with Crippen molar-refractivity contribution in [3.63, 3.8) is 0 Å². The van der Waals surface area contributed by atoms with E-state index in [9.17, 15) is 0 Å². The van der Waals surface area contributed by atoms with E-state index in [1.54, 1.807) is 0 Å². The summed E-state index contributed by atoms with van der Waals surface area (Å²) in [6.45, 7) is 4.47. The van der Waals surface area contributed by atoms with Gasteiger partial charge < -0.3 is 4.74 Å². The fraction of sp³-hybridized carbons (Fsp3) is 0.600. The zero-order chi connectivity index (χ0) is 12.4. The van der Waals surface area contributed by atoms with Gasteiger partial charge in [-0.1, -0.05) is 28.4 Å². The van der Waals surface area contributed by atoms with Crippen LogP contribution in [0.4, 0.5) is 0 Å². The molecule has 2 unspecified atom stereocenters. The van der Waals surface area contributed by atoms with Crippen LogP contribution < -0.4 is 4.74 Å². The first-order valence-electron chi connectivity index (χ1n) is 6.92. The minimum Gasteiger partial charge on any atom is -0.492 e. The van der Waals surface area contributed by atoms with Gasteiger partial charge >= 0.3 is 0 Å². The van der Waals surface area contributed by atoms with Crippen LogP contribution in [-0.4, -0.2) is 31.1 Å². The highest BCUT2D eigenvalue weighted by molar-refractivity contribution is 9.10. The second kappa shape index (κ2) is 5.62. The Morgan fingerprint density at radius 2 is 2.00 bits per heavy atom. The van der Waals surface area contributed by atoms with Crippen molar-refractivity contribution >= 4 is 15.9 Å². The number of halogens is 1. The Labute approximate surface area is 117 Å². The molecule has 0 N–H and O–H groups in total. The average Bonchev–Trinajstić information content (AvgIpc) is 2.89. The molecule has 1 saturated carbocycles. The maximum atomic E-state index is 5.80. The Balaban J connectivity index is 1.43. The molecule has 0 radical (unpaired) electrons. The van der Waals surface area contributed by atoms with Crippen LogP contribution in [0, 0.1) is 11.8 Å². The molecule has 98 valence electrons. The van der Waals surface area contributed by atoms with Crippen LogP contribution in [-0.2, 0) is 0 Å². The Bertz CT molecular complexity index is 397.